The second kappa shape index (κ2) is 7.41. The first-order valence-corrected chi connectivity index (χ1v) is 7.54. The van der Waals surface area contributed by atoms with Gasteiger partial charge in [-0.25, -0.2) is 0 Å². The summed E-state index contributed by atoms with van der Waals surface area (Å²) in [6.45, 7) is 8.77. The van der Waals surface area contributed by atoms with Crippen LogP contribution in [0.2, 0.25) is 0 Å². The van der Waals surface area contributed by atoms with Crippen molar-refractivity contribution in [3.8, 4) is 0 Å². The van der Waals surface area contributed by atoms with Crippen LogP contribution in [0.1, 0.15) is 25.0 Å². The molecule has 1 aliphatic heterocycles. The third-order valence-electron chi connectivity index (χ3n) is 4.02. The molecule has 2 N–H and O–H groups in total. The molecule has 1 aliphatic rings. The van der Waals surface area contributed by atoms with Gasteiger partial charge in [0, 0.05) is 19.6 Å². The smallest absolute Gasteiger partial charge is 0.237 e. The van der Waals surface area contributed by atoms with Crippen LogP contribution in [0.5, 0.6) is 0 Å². The van der Waals surface area contributed by atoms with Gasteiger partial charge in [0.05, 0.1) is 6.04 Å². The highest BCUT2D eigenvalue weighted by molar-refractivity contribution is 5.82. The van der Waals surface area contributed by atoms with Gasteiger partial charge in [-0.1, -0.05) is 38.1 Å². The predicted octanol–water partition coefficient (Wildman–Crippen LogP) is 1.16. The molecule has 0 spiro atoms. The summed E-state index contributed by atoms with van der Waals surface area (Å²) in [5.41, 5.74) is 2.59. The Morgan fingerprint density at radius 3 is 2.70 bits per heavy atom. The molecule has 0 saturated carbocycles. The second-order valence-corrected chi connectivity index (χ2v) is 5.22. The number of hydrogen-bond donors (Lipinski definition) is 2. The summed E-state index contributed by atoms with van der Waals surface area (Å²) >= 11 is 0. The number of likely N-dealkylation sites (N-methyl/N-ethyl adjacent to an activating group) is 1. The lowest BCUT2D eigenvalue weighted by Gasteiger charge is -2.26. The summed E-state index contributed by atoms with van der Waals surface area (Å²) in [5, 5.41) is 6.35. The molecular formula is C16H25N3O. The second-order valence-electron chi connectivity index (χ2n) is 5.22. The average Bonchev–Trinajstić information content (AvgIpc) is 2.51. The molecule has 1 heterocycles. The van der Waals surface area contributed by atoms with E-state index in [0.29, 0.717) is 0 Å². The van der Waals surface area contributed by atoms with Crippen molar-refractivity contribution < 1.29 is 4.79 Å². The van der Waals surface area contributed by atoms with Crippen LogP contribution >= 0.6 is 0 Å². The number of nitrogens with zero attached hydrogens (tertiary/aromatic N) is 1. The molecule has 1 aromatic carbocycles. The van der Waals surface area contributed by atoms with E-state index in [0.717, 1.165) is 39.1 Å². The molecule has 1 atom stereocenters. The maximum Gasteiger partial charge on any atom is 0.237 e. The molecule has 110 valence electrons. The van der Waals surface area contributed by atoms with Crippen molar-refractivity contribution in [2.24, 2.45) is 0 Å². The molecule has 0 unspecified atom stereocenters. The molecular weight excluding hydrogens is 250 g/mol. The zero-order valence-corrected chi connectivity index (χ0v) is 12.5. The van der Waals surface area contributed by atoms with Crippen molar-refractivity contribution in [1.82, 2.24) is 15.5 Å². The molecule has 0 saturated heterocycles. The van der Waals surface area contributed by atoms with Crippen LogP contribution in [0, 0.1) is 0 Å². The van der Waals surface area contributed by atoms with Gasteiger partial charge in [0.25, 0.3) is 0 Å². The largest absolute Gasteiger partial charge is 0.353 e. The minimum absolute atomic E-state index is 0.0957. The zero-order chi connectivity index (χ0) is 14.4. The van der Waals surface area contributed by atoms with E-state index in [4.69, 9.17) is 0 Å². The van der Waals surface area contributed by atoms with Crippen molar-refractivity contribution >= 4 is 5.91 Å². The quantitative estimate of drug-likeness (QED) is 0.819. The monoisotopic (exact) mass is 275 g/mol. The topological polar surface area (TPSA) is 44.4 Å². The lowest BCUT2D eigenvalue weighted by Crippen LogP contribution is -2.49. The fourth-order valence-corrected chi connectivity index (χ4v) is 2.64. The fraction of sp³-hybridized carbons (Fsp3) is 0.562. The van der Waals surface area contributed by atoms with Crippen LogP contribution in [0.25, 0.3) is 0 Å². The van der Waals surface area contributed by atoms with Crippen LogP contribution in [0.4, 0.5) is 0 Å². The number of carbonyl (C=O) groups is 1. The minimum atomic E-state index is -0.0957. The Hall–Kier alpha value is -1.39. The van der Waals surface area contributed by atoms with Gasteiger partial charge < -0.3 is 15.5 Å². The molecule has 0 aromatic heterocycles. The Kier molecular flexibility index (Phi) is 5.56. The van der Waals surface area contributed by atoms with Crippen LogP contribution in [-0.4, -0.2) is 43.0 Å². The van der Waals surface area contributed by atoms with Crippen molar-refractivity contribution in [1.29, 1.82) is 0 Å². The van der Waals surface area contributed by atoms with Crippen molar-refractivity contribution in [3.05, 3.63) is 35.4 Å². The number of rotatable bonds is 6. The van der Waals surface area contributed by atoms with Gasteiger partial charge in [0.1, 0.15) is 0 Å². The highest BCUT2D eigenvalue weighted by atomic mass is 16.2. The molecule has 0 fully saturated rings. The summed E-state index contributed by atoms with van der Waals surface area (Å²) in [4.78, 5) is 14.5. The van der Waals surface area contributed by atoms with E-state index >= 15 is 0 Å². The molecule has 4 nitrogen and oxygen atoms in total. The van der Waals surface area contributed by atoms with Crippen LogP contribution in [0.3, 0.4) is 0 Å². The number of amides is 1. The zero-order valence-electron chi connectivity index (χ0n) is 12.5. The Morgan fingerprint density at radius 1 is 1.30 bits per heavy atom. The first-order chi connectivity index (χ1) is 9.74. The molecule has 4 heteroatoms. The number of carbonyl (C=O) groups excluding carboxylic acids is 1. The maximum atomic E-state index is 12.2. The SMILES string of the molecule is CCN(CC)CCNC(=O)[C@H]1Cc2ccccc2CN1. The van der Waals surface area contributed by atoms with Gasteiger partial charge in [-0.2, -0.15) is 0 Å². The van der Waals surface area contributed by atoms with E-state index in [2.05, 4.69) is 41.5 Å². The van der Waals surface area contributed by atoms with E-state index in [1.54, 1.807) is 0 Å². The molecule has 20 heavy (non-hydrogen) atoms. The summed E-state index contributed by atoms with van der Waals surface area (Å²) in [5.74, 6) is 0.117. The Morgan fingerprint density at radius 2 is 2.00 bits per heavy atom. The van der Waals surface area contributed by atoms with E-state index < -0.39 is 0 Å². The summed E-state index contributed by atoms with van der Waals surface area (Å²) < 4.78 is 0. The molecule has 0 aliphatic carbocycles. The van der Waals surface area contributed by atoms with E-state index in [1.165, 1.54) is 11.1 Å². The Labute approximate surface area is 121 Å². The first kappa shape index (κ1) is 15.0. The van der Waals surface area contributed by atoms with Gasteiger partial charge in [-0.05, 0) is 30.6 Å². The molecule has 0 bridgehead atoms. The van der Waals surface area contributed by atoms with Gasteiger partial charge in [-0.3, -0.25) is 4.79 Å². The summed E-state index contributed by atoms with van der Waals surface area (Å²) in [6, 6.07) is 8.23. The third-order valence-corrected chi connectivity index (χ3v) is 4.02. The van der Waals surface area contributed by atoms with E-state index in [-0.39, 0.29) is 11.9 Å². The minimum Gasteiger partial charge on any atom is -0.353 e. The average molecular weight is 275 g/mol. The maximum absolute atomic E-state index is 12.2. The van der Waals surface area contributed by atoms with Crippen molar-refractivity contribution in [3.63, 3.8) is 0 Å². The first-order valence-electron chi connectivity index (χ1n) is 7.54. The highest BCUT2D eigenvalue weighted by Crippen LogP contribution is 2.16. The fourth-order valence-electron chi connectivity index (χ4n) is 2.64. The standard InChI is InChI=1S/C16H25N3O/c1-3-19(4-2)10-9-17-16(20)15-11-13-7-5-6-8-14(13)12-18-15/h5-8,15,18H,3-4,9-12H2,1-2H3,(H,17,20)/t15-/m1/s1. The summed E-state index contributed by atoms with van der Waals surface area (Å²) in [7, 11) is 0. The Balaban J connectivity index is 1.80. The Bertz CT molecular complexity index is 443. The molecule has 2 rings (SSSR count). The predicted molar refractivity (Wildman–Crippen MR) is 81.6 cm³/mol. The molecule has 0 radical (unpaired) electrons. The van der Waals surface area contributed by atoms with Crippen LogP contribution < -0.4 is 10.6 Å². The normalized spacial score (nSPS) is 17.9. The lowest BCUT2D eigenvalue weighted by atomic mass is 9.95. The number of fused-ring (bicyclic) bond motifs is 1. The number of benzene rings is 1. The number of hydrogen-bond acceptors (Lipinski definition) is 3. The van der Waals surface area contributed by atoms with Gasteiger partial charge in [0.2, 0.25) is 5.91 Å². The van der Waals surface area contributed by atoms with Gasteiger partial charge in [-0.15, -0.1) is 0 Å². The highest BCUT2D eigenvalue weighted by Gasteiger charge is 2.23. The van der Waals surface area contributed by atoms with Gasteiger partial charge in [0.15, 0.2) is 0 Å². The van der Waals surface area contributed by atoms with Crippen molar-refractivity contribution in [2.75, 3.05) is 26.2 Å². The van der Waals surface area contributed by atoms with E-state index in [1.807, 2.05) is 12.1 Å². The third kappa shape index (κ3) is 3.81. The van der Waals surface area contributed by atoms with Crippen LogP contribution in [0.15, 0.2) is 24.3 Å². The summed E-state index contributed by atoms with van der Waals surface area (Å²) in [6.07, 6.45) is 0.785. The van der Waals surface area contributed by atoms with Gasteiger partial charge >= 0.3 is 0 Å². The molecule has 1 aromatic rings. The number of nitrogens with one attached hydrogen (secondary N) is 2. The van der Waals surface area contributed by atoms with Crippen molar-refractivity contribution in [2.45, 2.75) is 32.9 Å². The van der Waals surface area contributed by atoms with Crippen LogP contribution in [-0.2, 0) is 17.8 Å². The molecule has 1 amide bonds. The van der Waals surface area contributed by atoms with E-state index in [9.17, 15) is 4.79 Å². The lowest BCUT2D eigenvalue weighted by molar-refractivity contribution is -0.123.